The van der Waals surface area contributed by atoms with Gasteiger partial charge in [0, 0.05) is 25.8 Å². The van der Waals surface area contributed by atoms with E-state index in [0.29, 0.717) is 13.2 Å². The SMILES string of the molecule is COCCNC(=S)NC(=O)c1cc([N+](=O)[O-])cc([N+](=O)[O-])c1. The first-order chi connectivity index (χ1) is 10.3. The van der Waals surface area contributed by atoms with Crippen LogP contribution in [0, 0.1) is 20.2 Å². The average Bonchev–Trinajstić information content (AvgIpc) is 2.46. The molecule has 0 aromatic heterocycles. The van der Waals surface area contributed by atoms with Crippen LogP contribution in [0.15, 0.2) is 18.2 Å². The summed E-state index contributed by atoms with van der Waals surface area (Å²) >= 11 is 4.85. The Kier molecular flexibility index (Phi) is 6.28. The number of rotatable bonds is 6. The first-order valence-corrected chi connectivity index (χ1v) is 6.28. The monoisotopic (exact) mass is 328 g/mol. The first kappa shape index (κ1) is 17.4. The maximum atomic E-state index is 11.9. The molecule has 0 aliphatic carbocycles. The van der Waals surface area contributed by atoms with Crippen molar-refractivity contribution >= 4 is 34.6 Å². The zero-order valence-electron chi connectivity index (χ0n) is 11.4. The van der Waals surface area contributed by atoms with Crippen molar-refractivity contribution in [1.82, 2.24) is 10.6 Å². The number of nitro groups is 2. The van der Waals surface area contributed by atoms with Crippen LogP contribution >= 0.6 is 12.2 Å². The summed E-state index contributed by atoms with van der Waals surface area (Å²) in [5.74, 6) is -0.790. The Labute approximate surface area is 129 Å². The van der Waals surface area contributed by atoms with Gasteiger partial charge in [-0.05, 0) is 12.2 Å². The summed E-state index contributed by atoms with van der Waals surface area (Å²) in [4.78, 5) is 31.8. The highest BCUT2D eigenvalue weighted by Crippen LogP contribution is 2.22. The molecule has 0 saturated heterocycles. The quantitative estimate of drug-likeness (QED) is 0.338. The highest BCUT2D eigenvalue weighted by Gasteiger charge is 2.20. The highest BCUT2D eigenvalue weighted by molar-refractivity contribution is 7.80. The number of benzene rings is 1. The molecule has 118 valence electrons. The second kappa shape index (κ2) is 7.95. The Morgan fingerprint density at radius 3 is 2.23 bits per heavy atom. The van der Waals surface area contributed by atoms with E-state index in [4.69, 9.17) is 17.0 Å². The number of nitro benzene ring substituents is 2. The van der Waals surface area contributed by atoms with Gasteiger partial charge < -0.3 is 10.1 Å². The van der Waals surface area contributed by atoms with Crippen molar-refractivity contribution in [1.29, 1.82) is 0 Å². The zero-order chi connectivity index (χ0) is 16.7. The lowest BCUT2D eigenvalue weighted by Crippen LogP contribution is -2.40. The first-order valence-electron chi connectivity index (χ1n) is 5.87. The number of thiocarbonyl (C=S) groups is 1. The summed E-state index contributed by atoms with van der Waals surface area (Å²) in [5.41, 5.74) is -1.35. The smallest absolute Gasteiger partial charge is 0.277 e. The number of hydrogen-bond donors (Lipinski definition) is 2. The van der Waals surface area contributed by atoms with E-state index in [2.05, 4.69) is 10.6 Å². The molecule has 0 saturated carbocycles. The van der Waals surface area contributed by atoms with Gasteiger partial charge in [-0.25, -0.2) is 0 Å². The van der Waals surface area contributed by atoms with Gasteiger partial charge in [0.2, 0.25) is 0 Å². The topological polar surface area (TPSA) is 137 Å². The van der Waals surface area contributed by atoms with Crippen LogP contribution in [0.5, 0.6) is 0 Å². The van der Waals surface area contributed by atoms with Gasteiger partial charge in [-0.1, -0.05) is 0 Å². The number of carbonyl (C=O) groups excluding carboxylic acids is 1. The van der Waals surface area contributed by atoms with E-state index in [0.717, 1.165) is 18.2 Å². The van der Waals surface area contributed by atoms with Crippen molar-refractivity contribution in [2.24, 2.45) is 0 Å². The summed E-state index contributed by atoms with van der Waals surface area (Å²) in [6, 6.07) is 2.63. The van der Waals surface area contributed by atoms with Gasteiger partial charge in [0.05, 0.1) is 28.1 Å². The van der Waals surface area contributed by atoms with Crippen LogP contribution in [-0.2, 0) is 4.74 Å². The van der Waals surface area contributed by atoms with E-state index < -0.39 is 27.1 Å². The third-order valence-electron chi connectivity index (χ3n) is 2.41. The van der Waals surface area contributed by atoms with Gasteiger partial charge in [0.25, 0.3) is 17.3 Å². The lowest BCUT2D eigenvalue weighted by atomic mass is 10.1. The molecular weight excluding hydrogens is 316 g/mol. The molecule has 1 rings (SSSR count). The fourth-order valence-electron chi connectivity index (χ4n) is 1.42. The zero-order valence-corrected chi connectivity index (χ0v) is 12.2. The molecule has 0 bridgehead atoms. The molecule has 0 radical (unpaired) electrons. The van der Waals surface area contributed by atoms with E-state index in [1.807, 2.05) is 0 Å². The van der Waals surface area contributed by atoms with E-state index >= 15 is 0 Å². The minimum Gasteiger partial charge on any atom is -0.383 e. The molecule has 0 fully saturated rings. The minimum absolute atomic E-state index is 0.0174. The van der Waals surface area contributed by atoms with Gasteiger partial charge in [0.1, 0.15) is 0 Å². The fourth-order valence-corrected chi connectivity index (χ4v) is 1.62. The summed E-state index contributed by atoms with van der Waals surface area (Å²) in [6.07, 6.45) is 0. The van der Waals surface area contributed by atoms with Crippen LogP contribution in [-0.4, -0.2) is 41.1 Å². The molecule has 0 unspecified atom stereocenters. The second-order valence-corrected chi connectivity index (χ2v) is 4.36. The van der Waals surface area contributed by atoms with Crippen LogP contribution < -0.4 is 10.6 Å². The van der Waals surface area contributed by atoms with E-state index in [-0.39, 0.29) is 10.7 Å². The number of amides is 1. The van der Waals surface area contributed by atoms with E-state index in [1.165, 1.54) is 7.11 Å². The summed E-state index contributed by atoms with van der Waals surface area (Å²) < 4.78 is 4.78. The molecule has 11 heteroatoms. The molecule has 0 aliphatic rings. The van der Waals surface area contributed by atoms with Crippen LogP contribution in [0.4, 0.5) is 11.4 Å². The summed E-state index contributed by atoms with van der Waals surface area (Å²) in [7, 11) is 1.49. The van der Waals surface area contributed by atoms with Crippen LogP contribution in [0.2, 0.25) is 0 Å². The summed E-state index contributed by atoms with van der Waals surface area (Å²) in [6.45, 7) is 0.711. The Morgan fingerprint density at radius 2 is 1.77 bits per heavy atom. The van der Waals surface area contributed by atoms with Gasteiger partial charge in [-0.3, -0.25) is 30.3 Å². The van der Waals surface area contributed by atoms with Gasteiger partial charge in [0.15, 0.2) is 5.11 Å². The Hall–Kier alpha value is -2.66. The number of methoxy groups -OCH3 is 1. The molecule has 0 heterocycles. The maximum absolute atomic E-state index is 11.9. The fraction of sp³-hybridized carbons (Fsp3) is 0.273. The molecule has 2 N–H and O–H groups in total. The number of nitrogens with zero attached hydrogens (tertiary/aromatic N) is 2. The third kappa shape index (κ3) is 5.03. The average molecular weight is 328 g/mol. The molecule has 1 aromatic rings. The number of nitrogens with one attached hydrogen (secondary N) is 2. The molecule has 0 spiro atoms. The Morgan fingerprint density at radius 1 is 1.23 bits per heavy atom. The lowest BCUT2D eigenvalue weighted by Gasteiger charge is -2.08. The van der Waals surface area contributed by atoms with E-state index in [1.54, 1.807) is 0 Å². The van der Waals surface area contributed by atoms with Gasteiger partial charge in [-0.2, -0.15) is 0 Å². The van der Waals surface area contributed by atoms with Crippen molar-refractivity contribution in [3.63, 3.8) is 0 Å². The van der Waals surface area contributed by atoms with Gasteiger partial charge >= 0.3 is 0 Å². The normalized spacial score (nSPS) is 9.86. The Balaban J connectivity index is 2.90. The van der Waals surface area contributed by atoms with Crippen molar-refractivity contribution in [3.8, 4) is 0 Å². The van der Waals surface area contributed by atoms with Crippen molar-refractivity contribution in [3.05, 3.63) is 44.0 Å². The third-order valence-corrected chi connectivity index (χ3v) is 2.65. The molecule has 0 atom stereocenters. The Bertz CT molecular complexity index is 588. The van der Waals surface area contributed by atoms with Gasteiger partial charge in [-0.15, -0.1) is 0 Å². The molecule has 1 amide bonds. The van der Waals surface area contributed by atoms with E-state index in [9.17, 15) is 25.0 Å². The van der Waals surface area contributed by atoms with Crippen molar-refractivity contribution in [2.45, 2.75) is 0 Å². The molecular formula is C11H12N4O6S. The largest absolute Gasteiger partial charge is 0.383 e. The maximum Gasteiger partial charge on any atom is 0.277 e. The summed E-state index contributed by atoms with van der Waals surface area (Å²) in [5, 5.41) is 26.4. The molecule has 10 nitrogen and oxygen atoms in total. The standard InChI is InChI=1S/C11H12N4O6S/c1-21-3-2-12-11(22)13-10(16)7-4-8(14(17)18)6-9(5-7)15(19)20/h4-6H,2-3H2,1H3,(H2,12,13,16,22). The van der Waals surface area contributed by atoms with Crippen molar-refractivity contribution < 1.29 is 19.4 Å². The van der Waals surface area contributed by atoms with Crippen LogP contribution in [0.25, 0.3) is 0 Å². The van der Waals surface area contributed by atoms with Crippen LogP contribution in [0.3, 0.4) is 0 Å². The number of carbonyl (C=O) groups is 1. The lowest BCUT2D eigenvalue weighted by molar-refractivity contribution is -0.394. The number of hydrogen-bond acceptors (Lipinski definition) is 7. The minimum atomic E-state index is -0.820. The second-order valence-electron chi connectivity index (χ2n) is 3.96. The number of non-ortho nitro benzene ring substituents is 2. The predicted octanol–water partition coefficient (Wildman–Crippen LogP) is 0.754. The van der Waals surface area contributed by atoms with Crippen LogP contribution in [0.1, 0.15) is 10.4 Å². The predicted molar refractivity (Wildman–Crippen MR) is 79.7 cm³/mol. The molecule has 1 aromatic carbocycles. The molecule has 22 heavy (non-hydrogen) atoms. The molecule has 0 aliphatic heterocycles. The highest BCUT2D eigenvalue weighted by atomic mass is 32.1. The van der Waals surface area contributed by atoms with Crippen molar-refractivity contribution in [2.75, 3.05) is 20.3 Å². The number of ether oxygens (including phenoxy) is 1.